The number of aromatic nitrogens is 3. The number of aliphatic hydroxyl groups excluding tert-OH is 2. The fraction of sp³-hybridized carbons (Fsp3) is 0.640. The van der Waals surface area contributed by atoms with Crippen LogP contribution in [0.3, 0.4) is 0 Å². The predicted octanol–water partition coefficient (Wildman–Crippen LogP) is 3.30. The lowest BCUT2D eigenvalue weighted by Gasteiger charge is -2.44. The first-order valence-electron chi connectivity index (χ1n) is 12.7. The lowest BCUT2D eigenvalue weighted by molar-refractivity contribution is -0.215. The van der Waals surface area contributed by atoms with E-state index in [9.17, 15) is 23.4 Å². The molecule has 1 saturated heterocycles. The molecule has 2 fully saturated rings. The number of hydrogen-bond donors (Lipinski definition) is 2. The van der Waals surface area contributed by atoms with E-state index in [4.69, 9.17) is 14.3 Å². The van der Waals surface area contributed by atoms with Crippen molar-refractivity contribution in [2.45, 2.75) is 87.9 Å². The van der Waals surface area contributed by atoms with Gasteiger partial charge >= 0.3 is 0 Å². The maximum Gasteiger partial charge on any atom is 0.194 e. The summed E-state index contributed by atoms with van der Waals surface area (Å²) in [7, 11) is 0. The lowest BCUT2D eigenvalue weighted by Crippen LogP contribution is -2.57. The van der Waals surface area contributed by atoms with Gasteiger partial charge in [-0.3, -0.25) is 0 Å². The van der Waals surface area contributed by atoms with Crippen molar-refractivity contribution in [2.75, 3.05) is 13.2 Å². The van der Waals surface area contributed by atoms with Gasteiger partial charge in [0.05, 0.1) is 24.6 Å². The van der Waals surface area contributed by atoms with Crippen molar-refractivity contribution in [3.63, 3.8) is 0 Å². The van der Waals surface area contributed by atoms with Crippen LogP contribution in [0.15, 0.2) is 23.5 Å². The van der Waals surface area contributed by atoms with Crippen molar-refractivity contribution in [1.82, 2.24) is 15.0 Å². The molecule has 1 saturated carbocycles. The maximum atomic E-state index is 13.8. The lowest BCUT2D eigenvalue weighted by atomic mass is 9.80. The van der Waals surface area contributed by atoms with Crippen LogP contribution in [0.4, 0.5) is 13.2 Å². The minimum Gasteiger partial charge on any atom is -0.394 e. The summed E-state index contributed by atoms with van der Waals surface area (Å²) < 4.78 is 54.4. The standard InChI is InChI=1S/C25H31F3N4O5/c1-2-35-24-19(10-15-11-25(37-30-15)6-4-3-5-7-25)36-20(13-33)23(34)22(24)32-12-18(29-31-32)14-8-16(26)21(28)17(27)9-14/h8-9,12,19-20,22-24,33-34H,2-7,10-11,13H2,1H3/t19-,20-,22+,23+,24+/m1/s1. The average Bonchev–Trinajstić information content (AvgIpc) is 3.52. The Labute approximate surface area is 212 Å². The molecular weight excluding hydrogens is 493 g/mol. The van der Waals surface area contributed by atoms with E-state index in [2.05, 4.69) is 15.5 Å². The molecule has 5 atom stereocenters. The molecule has 3 heterocycles. The minimum absolute atomic E-state index is 0.0114. The van der Waals surface area contributed by atoms with E-state index in [1.807, 2.05) is 6.92 Å². The molecule has 3 aliphatic rings. The van der Waals surface area contributed by atoms with Crippen molar-refractivity contribution >= 4 is 5.71 Å². The summed E-state index contributed by atoms with van der Waals surface area (Å²) in [5, 5.41) is 33.4. The average molecular weight is 525 g/mol. The van der Waals surface area contributed by atoms with E-state index in [0.717, 1.165) is 43.5 Å². The highest BCUT2D eigenvalue weighted by Crippen LogP contribution is 2.41. The number of oxime groups is 1. The van der Waals surface area contributed by atoms with Crippen LogP contribution in [0.5, 0.6) is 0 Å². The van der Waals surface area contributed by atoms with Crippen molar-refractivity contribution < 1.29 is 37.7 Å². The fourth-order valence-corrected chi connectivity index (χ4v) is 5.70. The summed E-state index contributed by atoms with van der Waals surface area (Å²) in [6.07, 6.45) is 4.31. The molecule has 2 aliphatic heterocycles. The fourth-order valence-electron chi connectivity index (χ4n) is 5.70. The molecule has 202 valence electrons. The molecule has 0 bridgehead atoms. The van der Waals surface area contributed by atoms with E-state index in [-0.39, 0.29) is 16.9 Å². The molecule has 1 aromatic heterocycles. The number of aliphatic hydroxyl groups is 2. The van der Waals surface area contributed by atoms with Crippen molar-refractivity contribution in [3.8, 4) is 11.3 Å². The van der Waals surface area contributed by atoms with Gasteiger partial charge in [0, 0.05) is 25.0 Å². The molecule has 37 heavy (non-hydrogen) atoms. The third-order valence-corrected chi connectivity index (χ3v) is 7.51. The highest BCUT2D eigenvalue weighted by atomic mass is 19.2. The van der Waals surface area contributed by atoms with Gasteiger partial charge in [-0.2, -0.15) is 0 Å². The minimum atomic E-state index is -1.57. The molecule has 2 aromatic rings. The molecule has 5 rings (SSSR count). The Hall–Kier alpha value is -2.54. The molecule has 1 aromatic carbocycles. The zero-order valence-electron chi connectivity index (χ0n) is 20.5. The predicted molar refractivity (Wildman–Crippen MR) is 125 cm³/mol. The Kier molecular flexibility index (Phi) is 7.53. The Morgan fingerprint density at radius 2 is 1.86 bits per heavy atom. The highest BCUT2D eigenvalue weighted by Gasteiger charge is 2.49. The zero-order chi connectivity index (χ0) is 26.2. The first-order chi connectivity index (χ1) is 17.8. The Morgan fingerprint density at radius 1 is 1.14 bits per heavy atom. The van der Waals surface area contributed by atoms with Crippen molar-refractivity contribution in [2.24, 2.45) is 5.16 Å². The van der Waals surface area contributed by atoms with Gasteiger partial charge in [0.25, 0.3) is 0 Å². The summed E-state index contributed by atoms with van der Waals surface area (Å²) in [6, 6.07) is 0.816. The number of hydrogen-bond acceptors (Lipinski definition) is 8. The summed E-state index contributed by atoms with van der Waals surface area (Å²) >= 11 is 0. The van der Waals surface area contributed by atoms with Crippen LogP contribution in [0.25, 0.3) is 11.3 Å². The monoisotopic (exact) mass is 524 g/mol. The van der Waals surface area contributed by atoms with E-state index < -0.39 is 54.5 Å². The van der Waals surface area contributed by atoms with Gasteiger partial charge in [-0.15, -0.1) is 5.10 Å². The Bertz CT molecular complexity index is 1120. The number of rotatable bonds is 7. The third-order valence-electron chi connectivity index (χ3n) is 7.51. The second-order valence-electron chi connectivity index (χ2n) is 10.0. The molecule has 0 unspecified atom stereocenters. The van der Waals surface area contributed by atoms with Crippen LogP contribution in [-0.2, 0) is 14.3 Å². The molecule has 0 radical (unpaired) electrons. The van der Waals surface area contributed by atoms with Gasteiger partial charge in [0.15, 0.2) is 17.5 Å². The Balaban J connectivity index is 1.41. The second kappa shape index (κ2) is 10.7. The van der Waals surface area contributed by atoms with Crippen LogP contribution in [0, 0.1) is 17.5 Å². The summed E-state index contributed by atoms with van der Waals surface area (Å²) in [6.45, 7) is 1.67. The molecule has 1 aliphatic carbocycles. The van der Waals surface area contributed by atoms with Crippen molar-refractivity contribution in [3.05, 3.63) is 35.8 Å². The molecule has 12 heteroatoms. The summed E-state index contributed by atoms with van der Waals surface area (Å²) in [5.74, 6) is -4.27. The van der Waals surface area contributed by atoms with Gasteiger partial charge in [-0.05, 0) is 44.7 Å². The van der Waals surface area contributed by atoms with Crippen molar-refractivity contribution in [1.29, 1.82) is 0 Å². The van der Waals surface area contributed by atoms with Crippen LogP contribution >= 0.6 is 0 Å². The van der Waals surface area contributed by atoms with E-state index in [0.29, 0.717) is 19.4 Å². The highest BCUT2D eigenvalue weighted by molar-refractivity contribution is 5.86. The van der Waals surface area contributed by atoms with Gasteiger partial charge in [-0.1, -0.05) is 16.8 Å². The molecule has 2 N–H and O–H groups in total. The third kappa shape index (κ3) is 5.12. The topological polar surface area (TPSA) is 111 Å². The van der Waals surface area contributed by atoms with E-state index in [1.54, 1.807) is 0 Å². The summed E-state index contributed by atoms with van der Waals surface area (Å²) in [4.78, 5) is 5.87. The number of halogens is 3. The van der Waals surface area contributed by atoms with Gasteiger partial charge < -0.3 is 24.5 Å². The van der Waals surface area contributed by atoms with Gasteiger partial charge in [0.1, 0.15) is 35.6 Å². The number of ether oxygens (including phenoxy) is 2. The normalized spacial score (nSPS) is 29.4. The molecule has 1 spiro atoms. The Morgan fingerprint density at radius 3 is 2.54 bits per heavy atom. The zero-order valence-corrected chi connectivity index (χ0v) is 20.5. The number of benzene rings is 1. The molecule has 0 amide bonds. The number of nitrogens with zero attached hydrogens (tertiary/aromatic N) is 4. The largest absolute Gasteiger partial charge is 0.394 e. The quantitative estimate of drug-likeness (QED) is 0.535. The smallest absolute Gasteiger partial charge is 0.194 e. The summed E-state index contributed by atoms with van der Waals surface area (Å²) in [5.41, 5.74) is 0.637. The first kappa shape index (κ1) is 26.1. The molecule has 9 nitrogen and oxygen atoms in total. The van der Waals surface area contributed by atoms with Gasteiger partial charge in [-0.25, -0.2) is 17.9 Å². The first-order valence-corrected chi connectivity index (χ1v) is 12.7. The molecular formula is C25H31F3N4O5. The maximum absolute atomic E-state index is 13.8. The van der Waals surface area contributed by atoms with Crippen LogP contribution in [0.1, 0.15) is 57.9 Å². The van der Waals surface area contributed by atoms with Crippen LogP contribution < -0.4 is 0 Å². The van der Waals surface area contributed by atoms with E-state index in [1.165, 1.54) is 17.3 Å². The van der Waals surface area contributed by atoms with Crippen LogP contribution in [0.2, 0.25) is 0 Å². The van der Waals surface area contributed by atoms with E-state index >= 15 is 0 Å². The second-order valence-corrected chi connectivity index (χ2v) is 10.0. The van der Waals surface area contributed by atoms with Gasteiger partial charge in [0.2, 0.25) is 0 Å². The SMILES string of the molecule is CCO[C@@H]1[C@@H](n2cc(-c3cc(F)c(F)c(F)c3)nn2)[C@@H](O)[C@@H](CO)O[C@@H]1CC1=NOC2(CCCCC2)C1. The van der Waals surface area contributed by atoms with Crippen LogP contribution in [-0.4, -0.2) is 74.1 Å².